The van der Waals surface area contributed by atoms with E-state index in [4.69, 9.17) is 9.15 Å². The normalized spacial score (nSPS) is 12.6. The van der Waals surface area contributed by atoms with Crippen LogP contribution < -0.4 is 20.4 Å². The number of fused-ring (bicyclic) bond motifs is 1. The summed E-state index contributed by atoms with van der Waals surface area (Å²) in [6, 6.07) is 22.1. The molecule has 9 nitrogen and oxygen atoms in total. The first kappa shape index (κ1) is 29.3. The van der Waals surface area contributed by atoms with Crippen LogP contribution in [0.25, 0.3) is 10.9 Å². The smallest absolute Gasteiger partial charge is 0.227 e. The van der Waals surface area contributed by atoms with Crippen LogP contribution in [0, 0.1) is 6.92 Å². The molecule has 222 valence electrons. The van der Waals surface area contributed by atoms with Crippen LogP contribution in [-0.4, -0.2) is 48.9 Å². The second kappa shape index (κ2) is 12.4. The number of aromatic amines is 1. The zero-order chi connectivity index (χ0) is 30.7. The van der Waals surface area contributed by atoms with Crippen LogP contribution in [0.2, 0.25) is 0 Å². The van der Waals surface area contributed by atoms with E-state index in [9.17, 15) is 19.8 Å². The third kappa shape index (κ3) is 6.21. The van der Waals surface area contributed by atoms with Crippen molar-refractivity contribution in [1.82, 2.24) is 10.3 Å². The van der Waals surface area contributed by atoms with E-state index >= 15 is 0 Å². The number of methoxy groups -OCH3 is 1. The summed E-state index contributed by atoms with van der Waals surface area (Å²) in [6.45, 7) is 1.91. The third-order valence-electron chi connectivity index (χ3n) is 7.70. The molecule has 9 heteroatoms. The van der Waals surface area contributed by atoms with Crippen molar-refractivity contribution in [2.24, 2.45) is 0 Å². The van der Waals surface area contributed by atoms with Gasteiger partial charge in [-0.2, -0.15) is 0 Å². The second-order valence-electron chi connectivity index (χ2n) is 10.8. The number of carbonyl (C=O) groups excluding carboxylic acids is 1. The quantitative estimate of drug-likeness (QED) is 0.174. The summed E-state index contributed by atoms with van der Waals surface area (Å²) in [7, 11) is 5.39. The van der Waals surface area contributed by atoms with E-state index in [1.54, 1.807) is 19.1 Å². The number of H-pyrrole nitrogens is 1. The molecule has 0 spiro atoms. The van der Waals surface area contributed by atoms with Gasteiger partial charge in [-0.3, -0.25) is 9.59 Å². The van der Waals surface area contributed by atoms with Crippen molar-refractivity contribution in [3.8, 4) is 17.2 Å². The predicted molar refractivity (Wildman–Crippen MR) is 166 cm³/mol. The molecule has 5 aromatic rings. The summed E-state index contributed by atoms with van der Waals surface area (Å²) in [4.78, 5) is 31.4. The number of phenols is 1. The van der Waals surface area contributed by atoms with Crippen LogP contribution in [0.5, 0.6) is 17.2 Å². The molecule has 0 unspecified atom stereocenters. The van der Waals surface area contributed by atoms with Crippen molar-refractivity contribution in [2.45, 2.75) is 25.2 Å². The molecule has 5 rings (SSSR count). The minimum Gasteiger partial charge on any atom is -0.504 e. The molecule has 0 aliphatic rings. The minimum atomic E-state index is -0.826. The standard InChI is InChI=1S/C34H35N3O6/c1-20-15-30(39)33(41)34(43-20)25(22-11-14-29(38)31(16-22)42-4)17-32(40)36-18-26(21-9-12-23(13-10-21)37(2)3)27-19-35-28-8-6-5-7-24(27)28/h5-16,19,25-26,35,38,41H,17-18H2,1-4H3,(H,36,40)/t25-,26+/m0/s1. The lowest BCUT2D eigenvalue weighted by molar-refractivity contribution is -0.121. The Kier molecular flexibility index (Phi) is 8.43. The molecule has 2 aromatic heterocycles. The van der Waals surface area contributed by atoms with Gasteiger partial charge in [-0.05, 0) is 53.9 Å². The first-order chi connectivity index (χ1) is 20.7. The second-order valence-corrected chi connectivity index (χ2v) is 10.8. The molecule has 4 N–H and O–H groups in total. The summed E-state index contributed by atoms with van der Waals surface area (Å²) in [6.07, 6.45) is 1.85. The van der Waals surface area contributed by atoms with E-state index in [0.29, 0.717) is 17.9 Å². The number of aryl methyl sites for hydroxylation is 1. The van der Waals surface area contributed by atoms with Crippen LogP contribution >= 0.6 is 0 Å². The van der Waals surface area contributed by atoms with Crippen LogP contribution in [-0.2, 0) is 4.79 Å². The van der Waals surface area contributed by atoms with Gasteiger partial charge < -0.3 is 34.6 Å². The zero-order valence-electron chi connectivity index (χ0n) is 24.5. The lowest BCUT2D eigenvalue weighted by Gasteiger charge is -2.22. The molecule has 0 aliphatic heterocycles. The average molecular weight is 582 g/mol. The van der Waals surface area contributed by atoms with E-state index in [1.165, 1.54) is 19.2 Å². The fourth-order valence-electron chi connectivity index (χ4n) is 5.40. The van der Waals surface area contributed by atoms with Crippen LogP contribution in [0.1, 0.15) is 46.5 Å². The topological polar surface area (TPSA) is 128 Å². The van der Waals surface area contributed by atoms with Crippen molar-refractivity contribution in [3.63, 3.8) is 0 Å². The summed E-state index contributed by atoms with van der Waals surface area (Å²) >= 11 is 0. The van der Waals surface area contributed by atoms with Gasteiger partial charge in [0.25, 0.3) is 0 Å². The number of para-hydroxylation sites is 1. The maximum Gasteiger partial charge on any atom is 0.227 e. The van der Waals surface area contributed by atoms with Crippen LogP contribution in [0.4, 0.5) is 5.69 Å². The molecule has 2 atom stereocenters. The fourth-order valence-corrected chi connectivity index (χ4v) is 5.40. The number of hydrogen-bond acceptors (Lipinski definition) is 7. The number of anilines is 1. The Balaban J connectivity index is 1.47. The Morgan fingerprint density at radius 3 is 2.44 bits per heavy atom. The molecule has 1 amide bonds. The minimum absolute atomic E-state index is 0.0275. The maximum atomic E-state index is 13.6. The van der Waals surface area contributed by atoms with Crippen LogP contribution in [0.3, 0.4) is 0 Å². The Hall–Kier alpha value is -5.18. The summed E-state index contributed by atoms with van der Waals surface area (Å²) < 4.78 is 11.1. The predicted octanol–water partition coefficient (Wildman–Crippen LogP) is 5.39. The van der Waals surface area contributed by atoms with Gasteiger partial charge in [0.15, 0.2) is 17.3 Å². The fraction of sp³-hybridized carbons (Fsp3) is 0.235. The molecule has 43 heavy (non-hydrogen) atoms. The Bertz CT molecular complexity index is 1810. The number of amides is 1. The number of carbonyl (C=O) groups is 1. The van der Waals surface area contributed by atoms with Crippen molar-refractivity contribution in [3.05, 3.63) is 117 Å². The van der Waals surface area contributed by atoms with Crippen molar-refractivity contribution in [2.75, 3.05) is 32.6 Å². The average Bonchev–Trinajstić information content (AvgIpc) is 3.42. The monoisotopic (exact) mass is 581 g/mol. The van der Waals surface area contributed by atoms with E-state index in [-0.39, 0.29) is 35.5 Å². The largest absolute Gasteiger partial charge is 0.504 e. The van der Waals surface area contributed by atoms with E-state index < -0.39 is 17.1 Å². The highest BCUT2D eigenvalue weighted by Gasteiger charge is 2.28. The molecule has 2 heterocycles. The van der Waals surface area contributed by atoms with Crippen molar-refractivity contribution < 1.29 is 24.2 Å². The molecule has 0 bridgehead atoms. The SMILES string of the molecule is COc1cc([C@H](CC(=O)NC[C@H](c2ccc(N(C)C)cc2)c2c[nH]c3ccccc23)c2oc(C)cc(=O)c2O)ccc1O. The third-order valence-corrected chi connectivity index (χ3v) is 7.70. The van der Waals surface area contributed by atoms with E-state index in [1.807, 2.05) is 43.4 Å². The first-order valence-electron chi connectivity index (χ1n) is 14.0. The van der Waals surface area contributed by atoms with Crippen LogP contribution in [0.15, 0.2) is 88.2 Å². The van der Waals surface area contributed by atoms with Gasteiger partial charge in [0.1, 0.15) is 5.76 Å². The highest BCUT2D eigenvalue weighted by atomic mass is 16.5. The number of hydrogen-bond donors (Lipinski definition) is 4. The van der Waals surface area contributed by atoms with Gasteiger partial charge in [-0.1, -0.05) is 36.4 Å². The number of aromatic nitrogens is 1. The molecule has 0 aliphatic carbocycles. The Morgan fingerprint density at radius 1 is 1.00 bits per heavy atom. The highest BCUT2D eigenvalue weighted by Crippen LogP contribution is 2.37. The first-order valence-corrected chi connectivity index (χ1v) is 14.0. The number of nitrogens with one attached hydrogen (secondary N) is 2. The molecule has 0 saturated carbocycles. The van der Waals surface area contributed by atoms with Crippen molar-refractivity contribution >= 4 is 22.5 Å². The Morgan fingerprint density at radius 2 is 1.72 bits per heavy atom. The van der Waals surface area contributed by atoms with Crippen molar-refractivity contribution in [1.29, 1.82) is 0 Å². The molecule has 3 aromatic carbocycles. The van der Waals surface area contributed by atoms with E-state index in [2.05, 4.69) is 40.6 Å². The lowest BCUT2D eigenvalue weighted by atomic mass is 9.89. The highest BCUT2D eigenvalue weighted by molar-refractivity contribution is 5.84. The zero-order valence-corrected chi connectivity index (χ0v) is 24.5. The summed E-state index contributed by atoms with van der Waals surface area (Å²) in [5.41, 5.74) is 4.09. The number of ether oxygens (including phenoxy) is 1. The number of nitrogens with zero attached hydrogens (tertiary/aromatic N) is 1. The number of benzene rings is 3. The summed E-state index contributed by atoms with van der Waals surface area (Å²) in [5, 5.41) is 25.0. The molecule has 0 radical (unpaired) electrons. The van der Waals surface area contributed by atoms with Gasteiger partial charge in [0.05, 0.1) is 13.0 Å². The van der Waals surface area contributed by atoms with Gasteiger partial charge in [0, 0.05) is 61.8 Å². The summed E-state index contributed by atoms with van der Waals surface area (Å²) in [5.74, 6) is -1.47. The Labute approximate surface area is 249 Å². The molecule has 0 saturated heterocycles. The molecular formula is C34H35N3O6. The molecular weight excluding hydrogens is 546 g/mol. The van der Waals surface area contributed by atoms with Gasteiger partial charge >= 0.3 is 0 Å². The number of rotatable bonds is 10. The van der Waals surface area contributed by atoms with E-state index in [0.717, 1.165) is 27.7 Å². The lowest BCUT2D eigenvalue weighted by Crippen LogP contribution is -2.30. The number of phenolic OH excluding ortho intramolecular Hbond substituents is 1. The van der Waals surface area contributed by atoms with Gasteiger partial charge in [-0.15, -0.1) is 0 Å². The maximum absolute atomic E-state index is 13.6. The van der Waals surface area contributed by atoms with Gasteiger partial charge in [-0.25, -0.2) is 0 Å². The molecule has 0 fully saturated rings. The van der Waals surface area contributed by atoms with Gasteiger partial charge in [0.2, 0.25) is 17.1 Å². The number of aromatic hydroxyl groups is 2.